The maximum atomic E-state index is 3.82. The van der Waals surface area contributed by atoms with Crippen LogP contribution in [0.15, 0.2) is 24.3 Å². The van der Waals surface area contributed by atoms with Crippen LogP contribution >= 0.6 is 11.8 Å². The van der Waals surface area contributed by atoms with Crippen LogP contribution in [-0.2, 0) is 5.75 Å². The van der Waals surface area contributed by atoms with Crippen LogP contribution in [0.25, 0.3) is 0 Å². The predicted octanol–water partition coefficient (Wildman–Crippen LogP) is 3.36. The van der Waals surface area contributed by atoms with Crippen LogP contribution in [0, 0.1) is 5.41 Å². The van der Waals surface area contributed by atoms with Crippen molar-refractivity contribution < 1.29 is 0 Å². The number of hydrogen-bond acceptors (Lipinski definition) is 2. The first kappa shape index (κ1) is 10.7. The lowest BCUT2D eigenvalue weighted by atomic mass is 10.0. The standard InChI is InChI=1S/C14H19NS/c1-14(2)7-13(14)15-12-9-16-8-10-5-3-4-6-11(10)12/h3-6,12-13,15H,7-9H2,1-2H3. The second-order valence-corrected chi connectivity index (χ2v) is 6.71. The molecule has 16 heavy (non-hydrogen) atoms. The van der Waals surface area contributed by atoms with Gasteiger partial charge in [0, 0.05) is 23.6 Å². The maximum absolute atomic E-state index is 3.82. The third-order valence-corrected chi connectivity index (χ3v) is 4.97. The lowest BCUT2D eigenvalue weighted by Gasteiger charge is -2.26. The van der Waals surface area contributed by atoms with Gasteiger partial charge in [-0.25, -0.2) is 0 Å². The average Bonchev–Trinajstić information content (AvgIpc) is 2.87. The molecule has 0 saturated heterocycles. The van der Waals surface area contributed by atoms with E-state index in [0.29, 0.717) is 11.5 Å². The molecule has 1 aliphatic heterocycles. The van der Waals surface area contributed by atoms with Gasteiger partial charge in [0.25, 0.3) is 0 Å². The molecule has 1 aromatic carbocycles. The Morgan fingerprint density at radius 1 is 1.31 bits per heavy atom. The molecular weight excluding hydrogens is 214 g/mol. The van der Waals surface area contributed by atoms with Crippen LogP contribution < -0.4 is 5.32 Å². The molecule has 2 unspecified atom stereocenters. The Kier molecular flexibility index (Phi) is 2.52. The summed E-state index contributed by atoms with van der Waals surface area (Å²) in [5, 5.41) is 3.82. The molecule has 3 rings (SSSR count). The summed E-state index contributed by atoms with van der Waals surface area (Å²) >= 11 is 2.05. The summed E-state index contributed by atoms with van der Waals surface area (Å²) in [6.45, 7) is 4.71. The van der Waals surface area contributed by atoms with Gasteiger partial charge in [0.1, 0.15) is 0 Å². The van der Waals surface area contributed by atoms with E-state index in [1.54, 1.807) is 0 Å². The molecule has 1 heterocycles. The molecule has 0 aromatic heterocycles. The fourth-order valence-electron chi connectivity index (χ4n) is 2.51. The van der Waals surface area contributed by atoms with Gasteiger partial charge in [0.2, 0.25) is 0 Å². The van der Waals surface area contributed by atoms with E-state index in [-0.39, 0.29) is 0 Å². The van der Waals surface area contributed by atoms with Crippen LogP contribution in [-0.4, -0.2) is 11.8 Å². The zero-order chi connectivity index (χ0) is 11.2. The molecule has 0 bridgehead atoms. The number of thioether (sulfide) groups is 1. The third kappa shape index (κ3) is 1.89. The van der Waals surface area contributed by atoms with Gasteiger partial charge in [-0.05, 0) is 23.0 Å². The molecule has 0 radical (unpaired) electrons. The molecule has 1 aliphatic carbocycles. The van der Waals surface area contributed by atoms with Crippen LogP contribution in [0.1, 0.15) is 37.4 Å². The molecule has 1 fully saturated rings. The van der Waals surface area contributed by atoms with Gasteiger partial charge in [-0.15, -0.1) is 0 Å². The van der Waals surface area contributed by atoms with Gasteiger partial charge in [0.15, 0.2) is 0 Å². The van der Waals surface area contributed by atoms with Crippen molar-refractivity contribution in [1.29, 1.82) is 0 Å². The van der Waals surface area contributed by atoms with Crippen molar-refractivity contribution >= 4 is 11.8 Å². The Balaban J connectivity index is 1.78. The third-order valence-electron chi connectivity index (χ3n) is 3.89. The minimum Gasteiger partial charge on any atom is -0.306 e. The Labute approximate surface area is 102 Å². The molecule has 2 atom stereocenters. The van der Waals surface area contributed by atoms with Crippen molar-refractivity contribution in [1.82, 2.24) is 5.32 Å². The Morgan fingerprint density at radius 2 is 2.06 bits per heavy atom. The minimum atomic E-state index is 0.525. The summed E-state index contributed by atoms with van der Waals surface area (Å²) < 4.78 is 0. The van der Waals surface area contributed by atoms with Gasteiger partial charge in [-0.3, -0.25) is 0 Å². The molecule has 1 nitrogen and oxygen atoms in total. The Morgan fingerprint density at radius 3 is 2.81 bits per heavy atom. The van der Waals surface area contributed by atoms with Crippen LogP contribution in [0.2, 0.25) is 0 Å². The van der Waals surface area contributed by atoms with Gasteiger partial charge in [-0.2, -0.15) is 11.8 Å². The maximum Gasteiger partial charge on any atom is 0.0417 e. The molecule has 86 valence electrons. The van der Waals surface area contributed by atoms with E-state index in [9.17, 15) is 0 Å². The van der Waals surface area contributed by atoms with Crippen molar-refractivity contribution in [3.8, 4) is 0 Å². The first-order chi connectivity index (χ1) is 7.67. The molecule has 1 N–H and O–H groups in total. The number of fused-ring (bicyclic) bond motifs is 1. The van der Waals surface area contributed by atoms with E-state index in [1.807, 2.05) is 0 Å². The Hall–Kier alpha value is -0.470. The first-order valence-corrected chi connectivity index (χ1v) is 7.24. The molecule has 1 aromatic rings. The Bertz CT molecular complexity index is 399. The van der Waals surface area contributed by atoms with Crippen LogP contribution in [0.4, 0.5) is 0 Å². The van der Waals surface area contributed by atoms with E-state index < -0.39 is 0 Å². The highest BCUT2D eigenvalue weighted by molar-refractivity contribution is 7.98. The molecule has 0 amide bonds. The lowest BCUT2D eigenvalue weighted by molar-refractivity contribution is 0.492. The van der Waals surface area contributed by atoms with Gasteiger partial charge in [-0.1, -0.05) is 38.1 Å². The minimum absolute atomic E-state index is 0.525. The van der Waals surface area contributed by atoms with Gasteiger partial charge in [0.05, 0.1) is 0 Å². The summed E-state index contributed by atoms with van der Waals surface area (Å²) in [6, 6.07) is 10.2. The van der Waals surface area contributed by atoms with Crippen molar-refractivity contribution in [3.63, 3.8) is 0 Å². The average molecular weight is 233 g/mol. The number of nitrogens with one attached hydrogen (secondary N) is 1. The quantitative estimate of drug-likeness (QED) is 0.840. The summed E-state index contributed by atoms with van der Waals surface area (Å²) in [7, 11) is 0. The summed E-state index contributed by atoms with van der Waals surface area (Å²) in [4.78, 5) is 0. The summed E-state index contributed by atoms with van der Waals surface area (Å²) in [5.41, 5.74) is 3.58. The second kappa shape index (κ2) is 3.78. The number of hydrogen-bond donors (Lipinski definition) is 1. The highest BCUT2D eigenvalue weighted by atomic mass is 32.2. The van der Waals surface area contributed by atoms with E-state index in [2.05, 4.69) is 55.2 Å². The van der Waals surface area contributed by atoms with Crippen molar-refractivity contribution in [2.45, 2.75) is 38.1 Å². The van der Waals surface area contributed by atoms with Crippen molar-refractivity contribution in [2.75, 3.05) is 5.75 Å². The largest absolute Gasteiger partial charge is 0.306 e. The van der Waals surface area contributed by atoms with Crippen LogP contribution in [0.5, 0.6) is 0 Å². The zero-order valence-electron chi connectivity index (χ0n) is 9.99. The molecule has 0 spiro atoms. The van der Waals surface area contributed by atoms with Crippen molar-refractivity contribution in [2.24, 2.45) is 5.41 Å². The summed E-state index contributed by atoms with van der Waals surface area (Å²) in [5.74, 6) is 2.41. The molecule has 2 aliphatic rings. The lowest BCUT2D eigenvalue weighted by Crippen LogP contribution is -2.30. The number of rotatable bonds is 2. The van der Waals surface area contributed by atoms with Crippen LogP contribution in [0.3, 0.4) is 0 Å². The SMILES string of the molecule is CC1(C)CC1NC1CSCc2ccccc21. The topological polar surface area (TPSA) is 12.0 Å². The van der Waals surface area contributed by atoms with E-state index in [4.69, 9.17) is 0 Å². The van der Waals surface area contributed by atoms with E-state index >= 15 is 0 Å². The number of benzene rings is 1. The monoisotopic (exact) mass is 233 g/mol. The smallest absolute Gasteiger partial charge is 0.0417 e. The van der Waals surface area contributed by atoms with Crippen molar-refractivity contribution in [3.05, 3.63) is 35.4 Å². The van der Waals surface area contributed by atoms with E-state index in [0.717, 1.165) is 6.04 Å². The highest BCUT2D eigenvalue weighted by Crippen LogP contribution is 2.46. The summed E-state index contributed by atoms with van der Waals surface area (Å²) in [6.07, 6.45) is 1.33. The first-order valence-electron chi connectivity index (χ1n) is 6.08. The fourth-order valence-corrected chi connectivity index (χ4v) is 3.63. The highest BCUT2D eigenvalue weighted by Gasteiger charge is 2.46. The molecular formula is C14H19NS. The predicted molar refractivity (Wildman–Crippen MR) is 70.7 cm³/mol. The molecule has 2 heteroatoms. The van der Waals surface area contributed by atoms with E-state index in [1.165, 1.54) is 29.1 Å². The fraction of sp³-hybridized carbons (Fsp3) is 0.571. The van der Waals surface area contributed by atoms with Gasteiger partial charge < -0.3 is 5.32 Å². The van der Waals surface area contributed by atoms with Gasteiger partial charge >= 0.3 is 0 Å². The normalized spacial score (nSPS) is 30.9. The molecule has 1 saturated carbocycles. The second-order valence-electron chi connectivity index (χ2n) is 5.68. The zero-order valence-corrected chi connectivity index (χ0v) is 10.8.